The molecule has 2 heteroatoms. The summed E-state index contributed by atoms with van der Waals surface area (Å²) in [4.78, 5) is 0. The molecule has 70 valence electrons. The lowest BCUT2D eigenvalue weighted by molar-refractivity contribution is 0.404. The van der Waals surface area contributed by atoms with Gasteiger partial charge in [-0.2, -0.15) is 0 Å². The number of hydrogen-bond donors (Lipinski definition) is 1. The Morgan fingerprint density at radius 3 is 2.62 bits per heavy atom. The van der Waals surface area contributed by atoms with Crippen molar-refractivity contribution in [1.29, 1.82) is 0 Å². The summed E-state index contributed by atoms with van der Waals surface area (Å²) >= 11 is 0. The topological polar surface area (TPSA) is 35.2 Å². The molecule has 0 saturated heterocycles. The largest absolute Gasteiger partial charge is 0.496 e. The lowest BCUT2D eigenvalue weighted by atomic mass is 10.0. The highest BCUT2D eigenvalue weighted by Gasteiger charge is 2.42. The lowest BCUT2D eigenvalue weighted by Gasteiger charge is -2.14. The number of hydrogen-bond acceptors (Lipinski definition) is 2. The van der Waals surface area contributed by atoms with E-state index in [1.54, 1.807) is 7.11 Å². The third-order valence-corrected chi connectivity index (χ3v) is 2.68. The van der Waals surface area contributed by atoms with Crippen LogP contribution in [-0.4, -0.2) is 7.11 Å². The molecule has 0 atom stereocenters. The zero-order valence-electron chi connectivity index (χ0n) is 8.13. The van der Waals surface area contributed by atoms with Gasteiger partial charge in [0.25, 0.3) is 0 Å². The molecule has 2 rings (SSSR count). The van der Waals surface area contributed by atoms with Gasteiger partial charge in [-0.05, 0) is 25.8 Å². The van der Waals surface area contributed by atoms with Crippen molar-refractivity contribution in [3.8, 4) is 5.75 Å². The van der Waals surface area contributed by atoms with Crippen molar-refractivity contribution in [3.05, 3.63) is 29.3 Å². The van der Waals surface area contributed by atoms with Crippen LogP contribution in [-0.2, 0) is 5.54 Å². The molecule has 0 aromatic heterocycles. The van der Waals surface area contributed by atoms with Gasteiger partial charge in [0.1, 0.15) is 5.75 Å². The summed E-state index contributed by atoms with van der Waals surface area (Å²) in [6.07, 6.45) is 2.15. The first-order chi connectivity index (χ1) is 6.15. The first-order valence-corrected chi connectivity index (χ1v) is 4.60. The molecule has 0 amide bonds. The SMILES string of the molecule is COc1ccc(C)cc1C1(N)CC1. The number of aryl methyl sites for hydroxylation is 1. The monoisotopic (exact) mass is 177 g/mol. The van der Waals surface area contributed by atoms with Crippen molar-refractivity contribution >= 4 is 0 Å². The van der Waals surface area contributed by atoms with Crippen LogP contribution >= 0.6 is 0 Å². The van der Waals surface area contributed by atoms with E-state index in [9.17, 15) is 0 Å². The molecular weight excluding hydrogens is 162 g/mol. The third-order valence-electron chi connectivity index (χ3n) is 2.68. The molecule has 1 fully saturated rings. The molecule has 0 aliphatic heterocycles. The van der Waals surface area contributed by atoms with Crippen molar-refractivity contribution in [2.75, 3.05) is 7.11 Å². The van der Waals surface area contributed by atoms with Crippen molar-refractivity contribution in [2.45, 2.75) is 25.3 Å². The number of nitrogens with two attached hydrogens (primary N) is 1. The van der Waals surface area contributed by atoms with Gasteiger partial charge in [-0.15, -0.1) is 0 Å². The molecule has 13 heavy (non-hydrogen) atoms. The second kappa shape index (κ2) is 2.74. The predicted octanol–water partition coefficient (Wildman–Crippen LogP) is 1.95. The standard InChI is InChI=1S/C11H15NO/c1-8-3-4-10(13-2)9(7-8)11(12)5-6-11/h3-4,7H,5-6,12H2,1-2H3. The minimum atomic E-state index is -0.0998. The van der Waals surface area contributed by atoms with E-state index in [-0.39, 0.29) is 5.54 Å². The van der Waals surface area contributed by atoms with Crippen LogP contribution in [0.15, 0.2) is 18.2 Å². The summed E-state index contributed by atoms with van der Waals surface area (Å²) in [5.41, 5.74) is 8.44. The van der Waals surface area contributed by atoms with Crippen molar-refractivity contribution in [1.82, 2.24) is 0 Å². The highest BCUT2D eigenvalue weighted by Crippen LogP contribution is 2.46. The van der Waals surface area contributed by atoms with E-state index in [2.05, 4.69) is 13.0 Å². The first kappa shape index (κ1) is 8.57. The number of methoxy groups -OCH3 is 1. The Balaban J connectivity index is 2.47. The minimum Gasteiger partial charge on any atom is -0.496 e. The summed E-state index contributed by atoms with van der Waals surface area (Å²) in [5, 5.41) is 0. The van der Waals surface area contributed by atoms with E-state index in [0.717, 1.165) is 24.2 Å². The Kier molecular flexibility index (Phi) is 1.81. The van der Waals surface area contributed by atoms with Crippen molar-refractivity contribution in [2.24, 2.45) is 5.73 Å². The average molecular weight is 177 g/mol. The molecule has 1 aromatic carbocycles. The molecular formula is C11H15NO. The smallest absolute Gasteiger partial charge is 0.123 e. The molecule has 0 heterocycles. The summed E-state index contributed by atoms with van der Waals surface area (Å²) in [5.74, 6) is 0.922. The Morgan fingerprint density at radius 1 is 1.38 bits per heavy atom. The fourth-order valence-electron chi connectivity index (χ4n) is 1.61. The second-order valence-electron chi connectivity index (χ2n) is 3.86. The normalized spacial score (nSPS) is 18.4. The van der Waals surface area contributed by atoms with Crippen LogP contribution < -0.4 is 10.5 Å². The fraction of sp³-hybridized carbons (Fsp3) is 0.455. The van der Waals surface area contributed by atoms with E-state index in [1.807, 2.05) is 12.1 Å². The first-order valence-electron chi connectivity index (χ1n) is 4.60. The zero-order valence-corrected chi connectivity index (χ0v) is 8.13. The number of benzene rings is 1. The molecule has 0 bridgehead atoms. The number of rotatable bonds is 2. The van der Waals surface area contributed by atoms with E-state index in [1.165, 1.54) is 5.56 Å². The highest BCUT2D eigenvalue weighted by atomic mass is 16.5. The van der Waals surface area contributed by atoms with Crippen LogP contribution in [0.2, 0.25) is 0 Å². The van der Waals surface area contributed by atoms with E-state index in [0.29, 0.717) is 0 Å². The maximum Gasteiger partial charge on any atom is 0.123 e. The predicted molar refractivity (Wildman–Crippen MR) is 52.8 cm³/mol. The summed E-state index contributed by atoms with van der Waals surface area (Å²) in [6, 6.07) is 6.18. The van der Waals surface area contributed by atoms with Gasteiger partial charge in [0.15, 0.2) is 0 Å². The molecule has 1 aliphatic carbocycles. The van der Waals surface area contributed by atoms with E-state index in [4.69, 9.17) is 10.5 Å². The van der Waals surface area contributed by atoms with Gasteiger partial charge in [-0.25, -0.2) is 0 Å². The maximum absolute atomic E-state index is 6.13. The van der Waals surface area contributed by atoms with Gasteiger partial charge >= 0.3 is 0 Å². The van der Waals surface area contributed by atoms with E-state index < -0.39 is 0 Å². The van der Waals surface area contributed by atoms with Crippen molar-refractivity contribution < 1.29 is 4.74 Å². The van der Waals surface area contributed by atoms with Crippen LogP contribution in [0.3, 0.4) is 0 Å². The quantitative estimate of drug-likeness (QED) is 0.749. The second-order valence-corrected chi connectivity index (χ2v) is 3.86. The van der Waals surface area contributed by atoms with Crippen LogP contribution in [0, 0.1) is 6.92 Å². The fourth-order valence-corrected chi connectivity index (χ4v) is 1.61. The third kappa shape index (κ3) is 1.42. The summed E-state index contributed by atoms with van der Waals surface area (Å²) < 4.78 is 5.29. The summed E-state index contributed by atoms with van der Waals surface area (Å²) in [7, 11) is 1.69. The molecule has 1 aliphatic rings. The molecule has 2 nitrogen and oxygen atoms in total. The van der Waals surface area contributed by atoms with Gasteiger partial charge in [-0.3, -0.25) is 0 Å². The van der Waals surface area contributed by atoms with Crippen LogP contribution in [0.25, 0.3) is 0 Å². The Morgan fingerprint density at radius 2 is 2.08 bits per heavy atom. The van der Waals surface area contributed by atoms with Crippen LogP contribution in [0.5, 0.6) is 5.75 Å². The maximum atomic E-state index is 6.13. The van der Waals surface area contributed by atoms with Crippen LogP contribution in [0.1, 0.15) is 24.0 Å². The number of ether oxygens (including phenoxy) is 1. The van der Waals surface area contributed by atoms with Gasteiger partial charge in [0, 0.05) is 11.1 Å². The van der Waals surface area contributed by atoms with Gasteiger partial charge < -0.3 is 10.5 Å². The van der Waals surface area contributed by atoms with Crippen LogP contribution in [0.4, 0.5) is 0 Å². The van der Waals surface area contributed by atoms with Gasteiger partial charge in [0.2, 0.25) is 0 Å². The molecule has 2 N–H and O–H groups in total. The molecule has 1 aromatic rings. The van der Waals surface area contributed by atoms with Gasteiger partial charge in [0.05, 0.1) is 7.11 Å². The van der Waals surface area contributed by atoms with Gasteiger partial charge in [-0.1, -0.05) is 17.7 Å². The molecule has 1 saturated carbocycles. The Labute approximate surface area is 78.7 Å². The molecule has 0 unspecified atom stereocenters. The Hall–Kier alpha value is -1.02. The average Bonchev–Trinajstić information content (AvgIpc) is 2.85. The lowest BCUT2D eigenvalue weighted by Crippen LogP contribution is -2.19. The molecule has 0 spiro atoms. The van der Waals surface area contributed by atoms with E-state index >= 15 is 0 Å². The van der Waals surface area contributed by atoms with Crippen molar-refractivity contribution in [3.63, 3.8) is 0 Å². The zero-order chi connectivity index (χ0) is 9.47. The summed E-state index contributed by atoms with van der Waals surface area (Å²) in [6.45, 7) is 2.08. The minimum absolute atomic E-state index is 0.0998. The highest BCUT2D eigenvalue weighted by molar-refractivity contribution is 5.44. The molecule has 0 radical (unpaired) electrons. The Bertz CT molecular complexity index is 329.